The lowest BCUT2D eigenvalue weighted by Gasteiger charge is -1.97. The van der Waals surface area contributed by atoms with Crippen molar-refractivity contribution in [3.8, 4) is 10.7 Å². The summed E-state index contributed by atoms with van der Waals surface area (Å²) in [5, 5.41) is 10.6. The molecule has 0 fully saturated rings. The number of carbonyl (C=O) groups is 1. The highest BCUT2D eigenvalue weighted by Gasteiger charge is 2.11. The fourth-order valence-electron chi connectivity index (χ4n) is 1.94. The van der Waals surface area contributed by atoms with E-state index in [9.17, 15) is 4.79 Å². The number of rotatable bonds is 2. The molecule has 19 heavy (non-hydrogen) atoms. The van der Waals surface area contributed by atoms with Crippen LogP contribution >= 0.6 is 11.3 Å². The fourth-order valence-corrected chi connectivity index (χ4v) is 2.81. The number of imidazole rings is 1. The first-order valence-corrected chi connectivity index (χ1v) is 6.55. The van der Waals surface area contributed by atoms with Crippen LogP contribution in [0.15, 0.2) is 29.6 Å². The van der Waals surface area contributed by atoms with E-state index in [0.717, 1.165) is 27.3 Å². The summed E-state index contributed by atoms with van der Waals surface area (Å²) in [5.74, 6) is 0.259. The number of fused-ring (bicyclic) bond motifs is 1. The lowest BCUT2D eigenvalue weighted by atomic mass is 10.2. The van der Waals surface area contributed by atoms with Crippen molar-refractivity contribution in [2.75, 3.05) is 0 Å². The maximum atomic E-state index is 11.4. The van der Waals surface area contributed by atoms with Crippen molar-refractivity contribution in [1.82, 2.24) is 15.4 Å². The molecular weight excluding hydrogens is 262 g/mol. The minimum absolute atomic E-state index is 0.383. The molecule has 6 heteroatoms. The van der Waals surface area contributed by atoms with Crippen molar-refractivity contribution in [1.29, 1.82) is 0 Å². The summed E-state index contributed by atoms with van der Waals surface area (Å²) in [7, 11) is 0. The maximum Gasteiger partial charge on any atom is 0.274 e. The molecule has 0 aliphatic rings. The zero-order chi connectivity index (χ0) is 13.4. The van der Waals surface area contributed by atoms with Gasteiger partial charge in [-0.3, -0.25) is 10.0 Å². The molecule has 96 valence electrons. The first-order valence-electron chi connectivity index (χ1n) is 5.67. The van der Waals surface area contributed by atoms with Gasteiger partial charge in [-0.15, -0.1) is 11.3 Å². The summed E-state index contributed by atoms with van der Waals surface area (Å²) in [6, 6.07) is 7.08. The molecule has 0 bridgehead atoms. The van der Waals surface area contributed by atoms with Gasteiger partial charge in [-0.1, -0.05) is 0 Å². The Morgan fingerprint density at radius 3 is 2.95 bits per heavy atom. The number of benzene rings is 1. The molecule has 0 radical (unpaired) electrons. The standard InChI is InChI=1S/C13H11N3O2S/c1-7-4-5-19-11(7)12-14-9-3-2-8(13(17)16-18)6-10(9)15-12/h2-6,18H,1H3,(H,14,15)(H,16,17). The van der Waals surface area contributed by atoms with E-state index in [1.54, 1.807) is 35.0 Å². The van der Waals surface area contributed by atoms with Crippen LogP contribution in [0.3, 0.4) is 0 Å². The predicted octanol–water partition coefficient (Wildman–Crippen LogP) is 2.72. The molecule has 3 aromatic rings. The summed E-state index contributed by atoms with van der Waals surface area (Å²) in [5.41, 5.74) is 4.72. The molecule has 0 aliphatic heterocycles. The minimum atomic E-state index is -0.537. The van der Waals surface area contributed by atoms with Crippen molar-refractivity contribution < 1.29 is 10.0 Å². The third-order valence-electron chi connectivity index (χ3n) is 2.92. The Morgan fingerprint density at radius 1 is 1.42 bits per heavy atom. The van der Waals surface area contributed by atoms with Crippen molar-refractivity contribution in [2.45, 2.75) is 6.92 Å². The Labute approximate surface area is 112 Å². The Kier molecular flexibility index (Phi) is 2.81. The molecular formula is C13H11N3O2S. The number of hydroxylamine groups is 1. The summed E-state index contributed by atoms with van der Waals surface area (Å²) in [6.07, 6.45) is 0. The molecule has 3 rings (SSSR count). The largest absolute Gasteiger partial charge is 0.337 e. The van der Waals surface area contributed by atoms with Crippen molar-refractivity contribution in [3.05, 3.63) is 40.8 Å². The molecule has 1 aromatic carbocycles. The van der Waals surface area contributed by atoms with Gasteiger partial charge in [0, 0.05) is 5.56 Å². The second kappa shape index (κ2) is 4.49. The minimum Gasteiger partial charge on any atom is -0.337 e. The van der Waals surface area contributed by atoms with E-state index in [4.69, 9.17) is 5.21 Å². The summed E-state index contributed by atoms with van der Waals surface area (Å²) in [6.45, 7) is 2.03. The molecule has 0 aliphatic carbocycles. The average molecular weight is 273 g/mol. The van der Waals surface area contributed by atoms with Crippen LogP contribution in [-0.4, -0.2) is 21.1 Å². The number of amides is 1. The molecule has 0 spiro atoms. The molecule has 0 atom stereocenters. The molecule has 1 amide bonds. The van der Waals surface area contributed by atoms with E-state index in [1.807, 2.05) is 18.4 Å². The highest BCUT2D eigenvalue weighted by atomic mass is 32.1. The topological polar surface area (TPSA) is 78.0 Å². The van der Waals surface area contributed by atoms with Gasteiger partial charge in [0.15, 0.2) is 0 Å². The third-order valence-corrected chi connectivity index (χ3v) is 3.95. The van der Waals surface area contributed by atoms with E-state index < -0.39 is 5.91 Å². The Balaban J connectivity index is 2.11. The van der Waals surface area contributed by atoms with Gasteiger partial charge in [0.05, 0.1) is 15.9 Å². The number of nitrogens with zero attached hydrogens (tertiary/aromatic N) is 1. The number of hydrogen-bond acceptors (Lipinski definition) is 4. The third kappa shape index (κ3) is 2.00. The number of nitrogens with one attached hydrogen (secondary N) is 2. The number of aromatic nitrogens is 2. The van der Waals surface area contributed by atoms with Crippen LogP contribution in [0, 0.1) is 6.92 Å². The van der Waals surface area contributed by atoms with Crippen LogP contribution in [0.5, 0.6) is 0 Å². The molecule has 0 unspecified atom stereocenters. The molecule has 0 saturated carbocycles. The fraction of sp³-hybridized carbons (Fsp3) is 0.0769. The normalized spacial score (nSPS) is 10.8. The van der Waals surface area contributed by atoms with E-state index in [1.165, 1.54) is 0 Å². The quantitative estimate of drug-likeness (QED) is 0.496. The smallest absolute Gasteiger partial charge is 0.274 e. The van der Waals surface area contributed by atoms with E-state index in [-0.39, 0.29) is 0 Å². The molecule has 3 N–H and O–H groups in total. The predicted molar refractivity (Wildman–Crippen MR) is 73.4 cm³/mol. The van der Waals surface area contributed by atoms with Gasteiger partial charge in [-0.2, -0.15) is 0 Å². The second-order valence-corrected chi connectivity index (χ2v) is 5.11. The van der Waals surface area contributed by atoms with E-state index in [0.29, 0.717) is 5.56 Å². The van der Waals surface area contributed by atoms with Gasteiger partial charge in [0.1, 0.15) is 5.82 Å². The zero-order valence-electron chi connectivity index (χ0n) is 10.1. The van der Waals surface area contributed by atoms with E-state index >= 15 is 0 Å². The van der Waals surface area contributed by atoms with Crippen LogP contribution in [0.1, 0.15) is 15.9 Å². The van der Waals surface area contributed by atoms with Crippen molar-refractivity contribution in [2.24, 2.45) is 0 Å². The first-order chi connectivity index (χ1) is 9.19. The summed E-state index contributed by atoms with van der Waals surface area (Å²) >= 11 is 1.62. The number of hydrogen-bond donors (Lipinski definition) is 3. The number of aromatic amines is 1. The Bertz CT molecular complexity index is 760. The average Bonchev–Trinajstić information content (AvgIpc) is 3.02. The molecule has 2 heterocycles. The van der Waals surface area contributed by atoms with Crippen molar-refractivity contribution in [3.63, 3.8) is 0 Å². The summed E-state index contributed by atoms with van der Waals surface area (Å²) < 4.78 is 0. The molecule has 0 saturated heterocycles. The monoisotopic (exact) mass is 273 g/mol. The van der Waals surface area contributed by atoms with Crippen LogP contribution < -0.4 is 5.48 Å². The number of H-pyrrole nitrogens is 1. The van der Waals surface area contributed by atoms with Gasteiger partial charge >= 0.3 is 0 Å². The lowest BCUT2D eigenvalue weighted by molar-refractivity contribution is 0.0706. The molecule has 5 nitrogen and oxygen atoms in total. The Hall–Kier alpha value is -2.18. The van der Waals surface area contributed by atoms with Gasteiger partial charge in [0.25, 0.3) is 5.91 Å². The molecule has 2 aromatic heterocycles. The van der Waals surface area contributed by atoms with Crippen molar-refractivity contribution >= 4 is 28.3 Å². The summed E-state index contributed by atoms with van der Waals surface area (Å²) in [4.78, 5) is 20.1. The number of aryl methyl sites for hydroxylation is 1. The van der Waals surface area contributed by atoms with Crippen LogP contribution in [0.4, 0.5) is 0 Å². The first kappa shape index (κ1) is 11.9. The van der Waals surface area contributed by atoms with Gasteiger partial charge < -0.3 is 4.98 Å². The van der Waals surface area contributed by atoms with Crippen LogP contribution in [0.2, 0.25) is 0 Å². The van der Waals surface area contributed by atoms with Gasteiger partial charge in [-0.25, -0.2) is 10.5 Å². The lowest BCUT2D eigenvalue weighted by Crippen LogP contribution is -2.18. The van der Waals surface area contributed by atoms with Gasteiger partial charge in [-0.05, 0) is 42.1 Å². The Morgan fingerprint density at radius 2 is 2.26 bits per heavy atom. The number of carbonyl (C=O) groups excluding carboxylic acids is 1. The SMILES string of the molecule is Cc1ccsc1-c1nc2ccc(C(=O)NO)cc2[nH]1. The van der Waals surface area contributed by atoms with Crippen LogP contribution in [-0.2, 0) is 0 Å². The second-order valence-electron chi connectivity index (χ2n) is 4.19. The van der Waals surface area contributed by atoms with Crippen LogP contribution in [0.25, 0.3) is 21.7 Å². The van der Waals surface area contributed by atoms with Gasteiger partial charge in [0.2, 0.25) is 0 Å². The highest BCUT2D eigenvalue weighted by molar-refractivity contribution is 7.13. The zero-order valence-corrected chi connectivity index (χ0v) is 10.9. The van der Waals surface area contributed by atoms with E-state index in [2.05, 4.69) is 9.97 Å². The highest BCUT2D eigenvalue weighted by Crippen LogP contribution is 2.28. The number of thiophene rings is 1. The maximum absolute atomic E-state index is 11.4.